The molecule has 0 unspecified atom stereocenters. The normalized spacial score (nSPS) is 17.8. The number of hydrogen-bond acceptors (Lipinski definition) is 3. The number of sulfonamides is 1. The van der Waals surface area contributed by atoms with Gasteiger partial charge in [0.1, 0.15) is 0 Å². The fourth-order valence-electron chi connectivity index (χ4n) is 3.47. The molecule has 0 aromatic heterocycles. The van der Waals surface area contributed by atoms with Crippen LogP contribution in [0.25, 0.3) is 0 Å². The van der Waals surface area contributed by atoms with Crippen LogP contribution in [0.4, 0.5) is 5.69 Å². The molecule has 0 bridgehead atoms. The summed E-state index contributed by atoms with van der Waals surface area (Å²) in [6.45, 7) is 0.646. The van der Waals surface area contributed by atoms with E-state index in [9.17, 15) is 13.2 Å². The summed E-state index contributed by atoms with van der Waals surface area (Å²) in [5.41, 5.74) is 1.56. The Labute approximate surface area is 182 Å². The van der Waals surface area contributed by atoms with Crippen molar-refractivity contribution in [2.45, 2.75) is 25.7 Å². The van der Waals surface area contributed by atoms with Gasteiger partial charge in [-0.1, -0.05) is 53.5 Å². The van der Waals surface area contributed by atoms with Crippen LogP contribution in [0.1, 0.15) is 24.8 Å². The fourth-order valence-corrected chi connectivity index (χ4v) is 5.39. The first kappa shape index (κ1) is 22.1. The molecule has 1 aliphatic heterocycles. The van der Waals surface area contributed by atoms with Crippen LogP contribution in [0.15, 0.2) is 48.5 Å². The highest BCUT2D eigenvalue weighted by molar-refractivity contribution is 7.89. The number of halogens is 2. The van der Waals surface area contributed by atoms with Crippen LogP contribution in [0, 0.1) is 5.92 Å². The van der Waals surface area contributed by atoms with Crippen molar-refractivity contribution >= 4 is 44.8 Å². The molecule has 29 heavy (non-hydrogen) atoms. The SMILES string of the molecule is O=C(Nc1cc(Cl)ccc1Cl)[C@H]1CCCN(S(=O)(=O)CCCc2ccccc2)C1. The number of aryl methyl sites for hydroxylation is 1. The summed E-state index contributed by atoms with van der Waals surface area (Å²) in [5.74, 6) is -0.572. The topological polar surface area (TPSA) is 66.5 Å². The Morgan fingerprint density at radius 3 is 2.66 bits per heavy atom. The molecule has 5 nitrogen and oxygen atoms in total. The van der Waals surface area contributed by atoms with Gasteiger partial charge in [0.25, 0.3) is 0 Å². The summed E-state index contributed by atoms with van der Waals surface area (Å²) in [4.78, 5) is 12.7. The van der Waals surface area contributed by atoms with E-state index in [1.54, 1.807) is 18.2 Å². The third-order valence-electron chi connectivity index (χ3n) is 5.05. The number of carbonyl (C=O) groups excluding carboxylic acids is 1. The van der Waals surface area contributed by atoms with E-state index < -0.39 is 15.9 Å². The van der Waals surface area contributed by atoms with Gasteiger partial charge in [0, 0.05) is 18.1 Å². The molecular weight excluding hydrogens is 431 g/mol. The Kier molecular flexibility index (Phi) is 7.57. The van der Waals surface area contributed by atoms with Gasteiger partial charge in [-0.3, -0.25) is 4.79 Å². The minimum Gasteiger partial charge on any atom is -0.324 e. The Balaban J connectivity index is 1.57. The highest BCUT2D eigenvalue weighted by Gasteiger charge is 2.32. The van der Waals surface area contributed by atoms with E-state index >= 15 is 0 Å². The molecule has 0 radical (unpaired) electrons. The Bertz CT molecular complexity index is 952. The zero-order valence-electron chi connectivity index (χ0n) is 16.0. The molecule has 8 heteroatoms. The number of rotatable bonds is 7. The molecule has 1 heterocycles. The third kappa shape index (κ3) is 6.19. The lowest BCUT2D eigenvalue weighted by molar-refractivity contribution is -0.120. The van der Waals surface area contributed by atoms with Crippen LogP contribution < -0.4 is 5.32 Å². The average molecular weight is 455 g/mol. The monoisotopic (exact) mass is 454 g/mol. The van der Waals surface area contributed by atoms with E-state index in [4.69, 9.17) is 23.2 Å². The van der Waals surface area contributed by atoms with E-state index in [2.05, 4.69) is 5.32 Å². The van der Waals surface area contributed by atoms with Gasteiger partial charge in [-0.15, -0.1) is 0 Å². The van der Waals surface area contributed by atoms with Gasteiger partial charge < -0.3 is 5.32 Å². The molecule has 1 aliphatic rings. The van der Waals surface area contributed by atoms with Gasteiger partial charge in [0.15, 0.2) is 0 Å². The van der Waals surface area contributed by atoms with Crippen molar-refractivity contribution in [1.82, 2.24) is 4.31 Å². The molecule has 1 fully saturated rings. The number of nitrogens with zero attached hydrogens (tertiary/aromatic N) is 1. The number of hydrogen-bond donors (Lipinski definition) is 1. The van der Waals surface area contributed by atoms with Gasteiger partial charge in [-0.05, 0) is 49.4 Å². The van der Waals surface area contributed by atoms with Crippen molar-refractivity contribution in [1.29, 1.82) is 0 Å². The molecular formula is C21H24Cl2N2O3S. The van der Waals surface area contributed by atoms with Crippen LogP contribution in [0.2, 0.25) is 10.0 Å². The smallest absolute Gasteiger partial charge is 0.228 e. The first-order valence-corrected chi connectivity index (χ1v) is 12.0. The van der Waals surface area contributed by atoms with Crippen LogP contribution in [0.3, 0.4) is 0 Å². The largest absolute Gasteiger partial charge is 0.324 e. The van der Waals surface area contributed by atoms with E-state index in [1.165, 1.54) is 4.31 Å². The molecule has 0 spiro atoms. The maximum Gasteiger partial charge on any atom is 0.228 e. The second-order valence-electron chi connectivity index (χ2n) is 7.22. The van der Waals surface area contributed by atoms with E-state index in [1.807, 2.05) is 30.3 Å². The molecule has 1 saturated heterocycles. The summed E-state index contributed by atoms with van der Waals surface area (Å²) in [7, 11) is -3.40. The standard InChI is InChI=1S/C21H24Cl2N2O3S/c22-18-10-11-19(23)20(14-18)24-21(26)17-9-4-12-25(15-17)29(27,28)13-5-8-16-6-2-1-3-7-16/h1-3,6-7,10-11,14,17H,4-5,8-9,12-13,15H2,(H,24,26)/t17-/m0/s1. The summed E-state index contributed by atoms with van der Waals surface area (Å²) in [6, 6.07) is 14.7. The van der Waals surface area contributed by atoms with Crippen LogP contribution in [-0.4, -0.2) is 37.5 Å². The first-order valence-electron chi connectivity index (χ1n) is 9.63. The number of carbonyl (C=O) groups is 1. The Hall–Kier alpha value is -1.60. The van der Waals surface area contributed by atoms with Crippen LogP contribution >= 0.6 is 23.2 Å². The Morgan fingerprint density at radius 1 is 1.14 bits per heavy atom. The summed E-state index contributed by atoms with van der Waals surface area (Å²) < 4.78 is 27.0. The van der Waals surface area contributed by atoms with Crippen molar-refractivity contribution in [2.24, 2.45) is 5.92 Å². The Morgan fingerprint density at radius 2 is 1.90 bits per heavy atom. The van der Waals surface area contributed by atoms with Gasteiger partial charge in [-0.25, -0.2) is 12.7 Å². The predicted octanol–water partition coefficient (Wildman–Crippen LogP) is 4.61. The van der Waals surface area contributed by atoms with Gasteiger partial charge >= 0.3 is 0 Å². The zero-order chi connectivity index (χ0) is 20.9. The molecule has 1 N–H and O–H groups in total. The number of nitrogens with one attached hydrogen (secondary N) is 1. The minimum atomic E-state index is -3.40. The minimum absolute atomic E-state index is 0.0797. The summed E-state index contributed by atoms with van der Waals surface area (Å²) in [5, 5.41) is 3.64. The highest BCUT2D eigenvalue weighted by Crippen LogP contribution is 2.27. The average Bonchev–Trinajstić information content (AvgIpc) is 2.71. The zero-order valence-corrected chi connectivity index (χ0v) is 18.3. The molecule has 0 aliphatic carbocycles. The molecule has 1 amide bonds. The fraction of sp³-hybridized carbons (Fsp3) is 0.381. The van der Waals surface area contributed by atoms with E-state index in [-0.39, 0.29) is 18.2 Å². The summed E-state index contributed by atoms with van der Waals surface area (Å²) in [6.07, 6.45) is 2.56. The lowest BCUT2D eigenvalue weighted by Gasteiger charge is -2.31. The molecule has 2 aromatic carbocycles. The quantitative estimate of drug-likeness (QED) is 0.663. The summed E-state index contributed by atoms with van der Waals surface area (Å²) >= 11 is 12.1. The number of anilines is 1. The second-order valence-corrected chi connectivity index (χ2v) is 10.1. The number of amides is 1. The van der Waals surface area contributed by atoms with Gasteiger partial charge in [0.05, 0.1) is 22.4 Å². The van der Waals surface area contributed by atoms with Crippen molar-refractivity contribution in [3.63, 3.8) is 0 Å². The van der Waals surface area contributed by atoms with E-state index in [0.717, 1.165) is 5.56 Å². The maximum atomic E-state index is 12.8. The third-order valence-corrected chi connectivity index (χ3v) is 7.53. The molecule has 3 rings (SSSR count). The lowest BCUT2D eigenvalue weighted by Crippen LogP contribution is -2.44. The maximum absolute atomic E-state index is 12.8. The predicted molar refractivity (Wildman–Crippen MR) is 118 cm³/mol. The molecule has 2 aromatic rings. The molecule has 1 atom stereocenters. The van der Waals surface area contributed by atoms with Gasteiger partial charge in [0.2, 0.25) is 15.9 Å². The van der Waals surface area contributed by atoms with E-state index in [0.29, 0.717) is 48.0 Å². The molecule has 0 saturated carbocycles. The first-order chi connectivity index (χ1) is 13.8. The second kappa shape index (κ2) is 9.94. The van der Waals surface area contributed by atoms with Crippen molar-refractivity contribution < 1.29 is 13.2 Å². The number of benzene rings is 2. The highest BCUT2D eigenvalue weighted by atomic mass is 35.5. The van der Waals surface area contributed by atoms with Crippen molar-refractivity contribution in [2.75, 3.05) is 24.2 Å². The van der Waals surface area contributed by atoms with Crippen LogP contribution in [0.5, 0.6) is 0 Å². The van der Waals surface area contributed by atoms with Crippen molar-refractivity contribution in [3.8, 4) is 0 Å². The molecule has 156 valence electrons. The van der Waals surface area contributed by atoms with Crippen molar-refractivity contribution in [3.05, 3.63) is 64.1 Å². The van der Waals surface area contributed by atoms with Gasteiger partial charge in [-0.2, -0.15) is 0 Å². The van der Waals surface area contributed by atoms with Crippen LogP contribution in [-0.2, 0) is 21.2 Å². The lowest BCUT2D eigenvalue weighted by atomic mass is 9.99. The number of piperidine rings is 1.